The maximum absolute atomic E-state index is 10.2. The number of nitrogens with zero attached hydrogens (tertiary/aromatic N) is 3. The second-order valence-electron chi connectivity index (χ2n) is 7.97. The van der Waals surface area contributed by atoms with E-state index in [0.717, 1.165) is 60.3 Å². The molecule has 2 unspecified atom stereocenters. The summed E-state index contributed by atoms with van der Waals surface area (Å²) in [6.45, 7) is 7.76. The Kier molecular flexibility index (Phi) is 6.03. The summed E-state index contributed by atoms with van der Waals surface area (Å²) in [5.41, 5.74) is 8.62. The Morgan fingerprint density at radius 2 is 2.24 bits per heavy atom. The fraction of sp³-hybridized carbons (Fsp3) is 0.524. The molecule has 0 radical (unpaired) electrons. The molecule has 29 heavy (non-hydrogen) atoms. The predicted molar refractivity (Wildman–Crippen MR) is 119 cm³/mol. The van der Waals surface area contributed by atoms with Gasteiger partial charge in [0.05, 0.1) is 11.5 Å². The maximum atomic E-state index is 10.2. The van der Waals surface area contributed by atoms with Crippen molar-refractivity contribution in [2.75, 3.05) is 37.4 Å². The Hall–Kier alpha value is -2.16. The molecule has 7 nitrogen and oxygen atoms in total. The van der Waals surface area contributed by atoms with E-state index in [1.165, 1.54) is 17.8 Å². The number of nitrogens with two attached hydrogens (primary N) is 1. The number of phenols is 1. The molecule has 4 rings (SSSR count). The summed E-state index contributed by atoms with van der Waals surface area (Å²) in [5.74, 6) is 0.640. The number of nitrogen functional groups attached to an aromatic ring is 1. The Labute approximate surface area is 175 Å². The van der Waals surface area contributed by atoms with Gasteiger partial charge in [0.1, 0.15) is 17.3 Å². The average molecular weight is 416 g/mol. The molecule has 1 aromatic carbocycles. The first-order chi connectivity index (χ1) is 14.0. The van der Waals surface area contributed by atoms with Crippen molar-refractivity contribution in [3.8, 4) is 5.75 Å². The Bertz CT molecular complexity index is 868. The number of aromatic hydroxyl groups is 1. The van der Waals surface area contributed by atoms with Crippen molar-refractivity contribution >= 4 is 34.2 Å². The largest absolute Gasteiger partial charge is 0.506 e. The number of aromatic nitrogens is 1. The van der Waals surface area contributed by atoms with Gasteiger partial charge in [-0.1, -0.05) is 17.4 Å². The van der Waals surface area contributed by atoms with Crippen molar-refractivity contribution < 1.29 is 9.84 Å². The zero-order valence-electron chi connectivity index (χ0n) is 17.0. The highest BCUT2D eigenvalue weighted by Gasteiger charge is 2.28. The molecule has 2 fully saturated rings. The van der Waals surface area contributed by atoms with Gasteiger partial charge in [-0.3, -0.25) is 9.89 Å². The van der Waals surface area contributed by atoms with Crippen LogP contribution in [-0.2, 0) is 4.74 Å². The lowest BCUT2D eigenvalue weighted by Gasteiger charge is -2.36. The highest BCUT2D eigenvalue weighted by atomic mass is 32.1. The number of nitrogens with one attached hydrogen (secondary N) is 1. The van der Waals surface area contributed by atoms with Crippen molar-refractivity contribution in [1.29, 1.82) is 0 Å². The molecular weight excluding hydrogens is 386 g/mol. The van der Waals surface area contributed by atoms with Crippen molar-refractivity contribution in [3.05, 3.63) is 28.1 Å². The minimum atomic E-state index is 0.179. The van der Waals surface area contributed by atoms with Crippen LogP contribution in [0.15, 0.2) is 17.1 Å². The number of benzene rings is 1. The zero-order chi connectivity index (χ0) is 20.4. The lowest BCUT2D eigenvalue weighted by atomic mass is 10.0. The number of rotatable bonds is 5. The van der Waals surface area contributed by atoms with Gasteiger partial charge >= 0.3 is 0 Å². The second-order valence-corrected chi connectivity index (χ2v) is 9.00. The van der Waals surface area contributed by atoms with Crippen molar-refractivity contribution in [3.63, 3.8) is 0 Å². The van der Waals surface area contributed by atoms with Crippen LogP contribution in [0.3, 0.4) is 0 Å². The van der Waals surface area contributed by atoms with Gasteiger partial charge in [0, 0.05) is 31.4 Å². The number of anilines is 2. The Morgan fingerprint density at radius 1 is 1.38 bits per heavy atom. The maximum Gasteiger partial charge on any atom is 0.185 e. The highest BCUT2D eigenvalue weighted by Crippen LogP contribution is 2.32. The average Bonchev–Trinajstić information content (AvgIpc) is 3.31. The topological polar surface area (TPSA) is 96.0 Å². The minimum Gasteiger partial charge on any atom is -0.506 e. The first-order valence-electron chi connectivity index (χ1n) is 10.2. The summed E-state index contributed by atoms with van der Waals surface area (Å²) in [6, 6.07) is 4.63. The number of thiazole rings is 1. The van der Waals surface area contributed by atoms with E-state index in [9.17, 15) is 5.11 Å². The van der Waals surface area contributed by atoms with Crippen LogP contribution >= 0.6 is 11.3 Å². The van der Waals surface area contributed by atoms with Gasteiger partial charge in [-0.25, -0.2) is 4.98 Å². The van der Waals surface area contributed by atoms with E-state index in [-0.39, 0.29) is 5.75 Å². The van der Waals surface area contributed by atoms with Crippen LogP contribution in [-0.4, -0.2) is 59.6 Å². The summed E-state index contributed by atoms with van der Waals surface area (Å²) in [7, 11) is 0. The fourth-order valence-corrected chi connectivity index (χ4v) is 5.00. The van der Waals surface area contributed by atoms with Crippen LogP contribution in [0.25, 0.3) is 0 Å². The SMILES string of the molecule is Cc1cc(C)c(N=Cc2sc(NC3CCCN(C4CCOC4)C3)nc2N)c(O)c1. The third-order valence-corrected chi connectivity index (χ3v) is 6.56. The van der Waals surface area contributed by atoms with Gasteiger partial charge < -0.3 is 20.9 Å². The summed E-state index contributed by atoms with van der Waals surface area (Å²) in [5, 5.41) is 14.6. The molecule has 2 aromatic rings. The Balaban J connectivity index is 1.43. The highest BCUT2D eigenvalue weighted by molar-refractivity contribution is 7.17. The molecule has 0 saturated carbocycles. The molecule has 0 spiro atoms. The number of piperidine rings is 1. The molecule has 1 aromatic heterocycles. The van der Waals surface area contributed by atoms with Crippen LogP contribution in [0.5, 0.6) is 5.75 Å². The smallest absolute Gasteiger partial charge is 0.185 e. The molecule has 0 bridgehead atoms. The number of aryl methyl sites for hydroxylation is 2. The number of likely N-dealkylation sites (tertiary alicyclic amines) is 1. The number of hydrogen-bond acceptors (Lipinski definition) is 8. The van der Waals surface area contributed by atoms with E-state index < -0.39 is 0 Å². The first-order valence-corrected chi connectivity index (χ1v) is 11.0. The molecule has 2 saturated heterocycles. The summed E-state index contributed by atoms with van der Waals surface area (Å²) in [6.07, 6.45) is 5.13. The summed E-state index contributed by atoms with van der Waals surface area (Å²) in [4.78, 5) is 12.3. The van der Waals surface area contributed by atoms with Crippen LogP contribution in [0.1, 0.15) is 35.3 Å². The lowest BCUT2D eigenvalue weighted by Crippen LogP contribution is -2.47. The summed E-state index contributed by atoms with van der Waals surface area (Å²) >= 11 is 1.50. The fourth-order valence-electron chi connectivity index (χ4n) is 4.17. The van der Waals surface area contributed by atoms with Crippen molar-refractivity contribution in [1.82, 2.24) is 9.88 Å². The molecule has 2 atom stereocenters. The normalized spacial score (nSPS) is 23.1. The van der Waals surface area contributed by atoms with Gasteiger partial charge in [0.15, 0.2) is 5.13 Å². The number of phenolic OH excluding ortho intramolecular Hbond substituents is 1. The number of aliphatic imine (C=N–C) groups is 1. The minimum absolute atomic E-state index is 0.179. The van der Waals surface area contributed by atoms with E-state index in [2.05, 4.69) is 20.2 Å². The third-order valence-electron chi connectivity index (χ3n) is 5.62. The quantitative estimate of drug-likeness (QED) is 0.647. The van der Waals surface area contributed by atoms with E-state index in [0.29, 0.717) is 23.6 Å². The van der Waals surface area contributed by atoms with Gasteiger partial charge in [0.2, 0.25) is 0 Å². The van der Waals surface area contributed by atoms with Crippen LogP contribution < -0.4 is 11.1 Å². The van der Waals surface area contributed by atoms with Crippen molar-refractivity contribution in [2.45, 2.75) is 45.2 Å². The first kappa shape index (κ1) is 20.1. The van der Waals surface area contributed by atoms with E-state index in [1.807, 2.05) is 19.9 Å². The molecular formula is C21H29N5O2S. The third kappa shape index (κ3) is 4.71. The second kappa shape index (κ2) is 8.69. The number of ether oxygens (including phenoxy) is 1. The molecule has 8 heteroatoms. The Morgan fingerprint density at radius 3 is 3.00 bits per heavy atom. The van der Waals surface area contributed by atoms with Crippen LogP contribution in [0.2, 0.25) is 0 Å². The molecule has 2 aliphatic rings. The van der Waals surface area contributed by atoms with Gasteiger partial charge in [-0.15, -0.1) is 0 Å². The van der Waals surface area contributed by atoms with Gasteiger partial charge in [-0.05, 0) is 56.8 Å². The van der Waals surface area contributed by atoms with Crippen LogP contribution in [0.4, 0.5) is 16.6 Å². The molecule has 4 N–H and O–H groups in total. The lowest BCUT2D eigenvalue weighted by molar-refractivity contribution is 0.123. The predicted octanol–water partition coefficient (Wildman–Crippen LogP) is 3.46. The van der Waals surface area contributed by atoms with Crippen molar-refractivity contribution in [2.24, 2.45) is 4.99 Å². The monoisotopic (exact) mass is 415 g/mol. The van der Waals surface area contributed by atoms with E-state index in [4.69, 9.17) is 10.5 Å². The molecule has 156 valence electrons. The van der Waals surface area contributed by atoms with Gasteiger partial charge in [0.25, 0.3) is 0 Å². The molecule has 2 aliphatic heterocycles. The molecule has 0 amide bonds. The van der Waals surface area contributed by atoms with E-state index >= 15 is 0 Å². The molecule has 3 heterocycles. The molecule has 0 aliphatic carbocycles. The number of hydrogen-bond donors (Lipinski definition) is 3. The van der Waals surface area contributed by atoms with Crippen LogP contribution in [0, 0.1) is 13.8 Å². The van der Waals surface area contributed by atoms with Gasteiger partial charge in [-0.2, -0.15) is 0 Å². The zero-order valence-corrected chi connectivity index (χ0v) is 17.8. The van der Waals surface area contributed by atoms with E-state index in [1.54, 1.807) is 12.3 Å². The summed E-state index contributed by atoms with van der Waals surface area (Å²) < 4.78 is 5.55. The standard InChI is InChI=1S/C21H29N5O2S/c1-13-8-14(2)19(17(27)9-13)23-10-18-20(22)25-21(29-18)24-15-4-3-6-26(11-15)16-5-7-28-12-16/h8-10,15-16,27H,3-7,11-12,22H2,1-2H3,(H,24,25).